The minimum absolute atomic E-state index is 0.333. The molecule has 0 radical (unpaired) electrons. The van der Waals surface area contributed by atoms with Crippen LogP contribution in [0.4, 0.5) is 4.39 Å². The monoisotopic (exact) mass is 265 g/mol. The molecule has 1 aliphatic heterocycles. The van der Waals surface area contributed by atoms with Gasteiger partial charge in [-0.15, -0.1) is 0 Å². The van der Waals surface area contributed by atoms with Crippen molar-refractivity contribution in [2.75, 3.05) is 13.7 Å². The number of hydrogen-bond acceptors (Lipinski definition) is 4. The third kappa shape index (κ3) is 3.32. The number of hydrogen-bond donors (Lipinski definition) is 0. The Morgan fingerprint density at radius 2 is 2.21 bits per heavy atom. The van der Waals surface area contributed by atoms with Gasteiger partial charge in [0.2, 0.25) is 5.79 Å². The van der Waals surface area contributed by atoms with Crippen LogP contribution >= 0.6 is 0 Å². The van der Waals surface area contributed by atoms with E-state index in [1.54, 1.807) is 12.3 Å². The molecular weight excluding hydrogens is 249 g/mol. The molecule has 1 aliphatic rings. The van der Waals surface area contributed by atoms with Gasteiger partial charge in [0.25, 0.3) is 0 Å². The zero-order valence-corrected chi connectivity index (χ0v) is 11.1. The molecule has 0 amide bonds. The summed E-state index contributed by atoms with van der Waals surface area (Å²) in [4.78, 5) is 4.63. The average Bonchev–Trinajstić information content (AvgIpc) is 2.37. The predicted octanol–water partition coefficient (Wildman–Crippen LogP) is 2.93. The van der Waals surface area contributed by atoms with Crippen LogP contribution in [0.3, 0.4) is 0 Å². The molecule has 0 atom stereocenters. The lowest BCUT2D eigenvalue weighted by Crippen LogP contribution is -2.30. The van der Waals surface area contributed by atoms with Gasteiger partial charge in [-0.2, -0.15) is 0 Å². The summed E-state index contributed by atoms with van der Waals surface area (Å²) in [6.07, 6.45) is 3.10. The molecule has 0 aliphatic carbocycles. The fraction of sp³-hybridized carbons (Fsp3) is 0.357. The van der Waals surface area contributed by atoms with E-state index in [1.807, 2.05) is 13.8 Å². The molecule has 0 saturated heterocycles. The second kappa shape index (κ2) is 5.40. The van der Waals surface area contributed by atoms with Crippen LogP contribution in [0.2, 0.25) is 0 Å². The lowest BCUT2D eigenvalue weighted by Gasteiger charge is -2.30. The van der Waals surface area contributed by atoms with Gasteiger partial charge >= 0.3 is 0 Å². The zero-order valence-electron chi connectivity index (χ0n) is 11.1. The molecule has 4 nitrogen and oxygen atoms in total. The van der Waals surface area contributed by atoms with Crippen molar-refractivity contribution in [3.8, 4) is 0 Å². The summed E-state index contributed by atoms with van der Waals surface area (Å²) in [7, 11) is 1.43. The van der Waals surface area contributed by atoms with Gasteiger partial charge in [-0.3, -0.25) is 0 Å². The molecule has 0 fully saturated rings. The third-order valence-electron chi connectivity index (χ3n) is 2.72. The number of rotatable bonds is 3. The Bertz CT molecular complexity index is 523. The second-order valence-corrected chi connectivity index (χ2v) is 4.60. The minimum Gasteiger partial charge on any atom is -0.470 e. The van der Waals surface area contributed by atoms with Gasteiger partial charge in [-0.25, -0.2) is 4.39 Å². The summed E-state index contributed by atoms with van der Waals surface area (Å²) in [5.74, 6) is -0.968. The topological polar surface area (TPSA) is 40.0 Å². The summed E-state index contributed by atoms with van der Waals surface area (Å²) in [5, 5.41) is 3.67. The smallest absolute Gasteiger partial charge is 0.204 e. The van der Waals surface area contributed by atoms with Gasteiger partial charge in [0.15, 0.2) is 0 Å². The lowest BCUT2D eigenvalue weighted by molar-refractivity contribution is -0.182. The van der Waals surface area contributed by atoms with Crippen LogP contribution in [0.5, 0.6) is 0 Å². The van der Waals surface area contributed by atoms with Crippen LogP contribution in [-0.4, -0.2) is 25.7 Å². The molecule has 1 aromatic carbocycles. The first kappa shape index (κ1) is 13.5. The molecule has 5 heteroatoms. The summed E-state index contributed by atoms with van der Waals surface area (Å²) in [6, 6.07) is 4.45. The largest absolute Gasteiger partial charge is 0.470 e. The summed E-state index contributed by atoms with van der Waals surface area (Å²) >= 11 is 0. The van der Waals surface area contributed by atoms with Gasteiger partial charge in [0.05, 0.1) is 19.1 Å². The standard InChI is InChI=1S/C14H16FNO3/c1-14(2)18-8-11(9-19-14)13-5-4-12(15)6-10(13)7-16-17-3/h4-8H,9H2,1-3H3/b16-7+. The van der Waals surface area contributed by atoms with Crippen LogP contribution in [0.1, 0.15) is 25.0 Å². The average molecular weight is 265 g/mol. The molecule has 102 valence electrons. The van der Waals surface area contributed by atoms with Gasteiger partial charge in [0, 0.05) is 25.0 Å². The third-order valence-corrected chi connectivity index (χ3v) is 2.72. The first-order chi connectivity index (χ1) is 9.02. The molecule has 2 rings (SSSR count). The zero-order chi connectivity index (χ0) is 13.9. The van der Waals surface area contributed by atoms with E-state index in [-0.39, 0.29) is 5.82 Å². The summed E-state index contributed by atoms with van der Waals surface area (Å²) < 4.78 is 24.3. The molecule has 1 aromatic rings. The number of ether oxygens (including phenoxy) is 2. The van der Waals surface area contributed by atoms with Crippen molar-refractivity contribution in [1.29, 1.82) is 0 Å². The number of benzene rings is 1. The molecule has 19 heavy (non-hydrogen) atoms. The van der Waals surface area contributed by atoms with E-state index in [0.717, 1.165) is 11.1 Å². The lowest BCUT2D eigenvalue weighted by atomic mass is 10.0. The van der Waals surface area contributed by atoms with Crippen molar-refractivity contribution in [1.82, 2.24) is 0 Å². The Morgan fingerprint density at radius 1 is 1.42 bits per heavy atom. The Hall–Kier alpha value is -1.88. The van der Waals surface area contributed by atoms with Gasteiger partial charge < -0.3 is 14.3 Å². The number of oxime groups is 1. The van der Waals surface area contributed by atoms with Gasteiger partial charge in [-0.1, -0.05) is 11.2 Å². The van der Waals surface area contributed by atoms with Crippen molar-refractivity contribution in [3.05, 3.63) is 41.4 Å². The van der Waals surface area contributed by atoms with Crippen molar-refractivity contribution in [3.63, 3.8) is 0 Å². The van der Waals surface area contributed by atoms with Crippen LogP contribution in [0, 0.1) is 5.82 Å². The Labute approximate surface area is 111 Å². The Morgan fingerprint density at radius 3 is 2.84 bits per heavy atom. The number of halogens is 1. The molecular formula is C14H16FNO3. The summed E-state index contributed by atoms with van der Waals surface area (Å²) in [6.45, 7) is 4.06. The van der Waals surface area contributed by atoms with E-state index in [4.69, 9.17) is 9.47 Å². The molecule has 0 aromatic heterocycles. The van der Waals surface area contributed by atoms with Crippen LogP contribution in [0.15, 0.2) is 29.6 Å². The molecule has 1 heterocycles. The van der Waals surface area contributed by atoms with Crippen molar-refractivity contribution < 1.29 is 18.7 Å². The Kier molecular flexibility index (Phi) is 3.85. The molecule has 0 saturated carbocycles. The van der Waals surface area contributed by atoms with Crippen LogP contribution < -0.4 is 0 Å². The van der Waals surface area contributed by atoms with Crippen LogP contribution in [-0.2, 0) is 14.3 Å². The van der Waals surface area contributed by atoms with Crippen LogP contribution in [0.25, 0.3) is 5.57 Å². The number of nitrogens with zero attached hydrogens (tertiary/aromatic N) is 1. The maximum absolute atomic E-state index is 13.3. The highest BCUT2D eigenvalue weighted by Crippen LogP contribution is 2.27. The van der Waals surface area contributed by atoms with E-state index < -0.39 is 5.79 Å². The quantitative estimate of drug-likeness (QED) is 0.623. The Balaban J connectivity index is 2.34. The minimum atomic E-state index is -0.635. The van der Waals surface area contributed by atoms with Crippen molar-refractivity contribution >= 4 is 11.8 Å². The molecule has 0 N–H and O–H groups in total. The second-order valence-electron chi connectivity index (χ2n) is 4.60. The first-order valence-corrected chi connectivity index (χ1v) is 5.89. The maximum Gasteiger partial charge on any atom is 0.204 e. The van der Waals surface area contributed by atoms with E-state index >= 15 is 0 Å². The van der Waals surface area contributed by atoms with Gasteiger partial charge in [0.1, 0.15) is 12.9 Å². The SMILES string of the molecule is CO/N=C/c1cc(F)ccc1C1=COC(C)(C)OC1. The fourth-order valence-corrected chi connectivity index (χ4v) is 1.72. The van der Waals surface area contributed by atoms with Gasteiger partial charge in [-0.05, 0) is 17.7 Å². The van der Waals surface area contributed by atoms with E-state index in [0.29, 0.717) is 12.2 Å². The maximum atomic E-state index is 13.3. The molecule has 0 spiro atoms. The highest BCUT2D eigenvalue weighted by Gasteiger charge is 2.24. The molecule has 0 bridgehead atoms. The summed E-state index contributed by atoms with van der Waals surface area (Å²) in [5.41, 5.74) is 2.24. The first-order valence-electron chi connectivity index (χ1n) is 5.89. The van der Waals surface area contributed by atoms with E-state index in [9.17, 15) is 4.39 Å². The van der Waals surface area contributed by atoms with Crippen molar-refractivity contribution in [2.45, 2.75) is 19.6 Å². The van der Waals surface area contributed by atoms with E-state index in [1.165, 1.54) is 25.5 Å². The fourth-order valence-electron chi connectivity index (χ4n) is 1.72. The highest BCUT2D eigenvalue weighted by atomic mass is 19.1. The van der Waals surface area contributed by atoms with E-state index in [2.05, 4.69) is 9.99 Å². The predicted molar refractivity (Wildman–Crippen MR) is 70.1 cm³/mol. The molecule has 0 unspecified atom stereocenters. The van der Waals surface area contributed by atoms with Crippen molar-refractivity contribution in [2.24, 2.45) is 5.16 Å². The normalized spacial score (nSPS) is 18.0. The highest BCUT2D eigenvalue weighted by molar-refractivity contribution is 5.88.